The lowest BCUT2D eigenvalue weighted by Gasteiger charge is -2.16. The van der Waals surface area contributed by atoms with Crippen molar-refractivity contribution >= 4 is 5.96 Å². The van der Waals surface area contributed by atoms with E-state index in [-0.39, 0.29) is 0 Å². The summed E-state index contributed by atoms with van der Waals surface area (Å²) >= 11 is 0. The topological polar surface area (TPSA) is 75.1 Å². The molecule has 0 heterocycles. The van der Waals surface area contributed by atoms with E-state index in [1.54, 1.807) is 14.2 Å². The Morgan fingerprint density at radius 3 is 2.37 bits per heavy atom. The molecule has 0 saturated heterocycles. The van der Waals surface area contributed by atoms with Gasteiger partial charge in [-0.15, -0.1) is 0 Å². The zero-order valence-electron chi connectivity index (χ0n) is 16.5. The molecule has 6 heteroatoms. The molecular weight excluding hydrogens is 342 g/mol. The first-order valence-corrected chi connectivity index (χ1v) is 9.05. The number of hydrogen-bond donors (Lipinski definition) is 3. The third kappa shape index (κ3) is 6.18. The lowest BCUT2D eigenvalue weighted by Crippen LogP contribution is -2.39. The van der Waals surface area contributed by atoms with E-state index in [1.807, 2.05) is 56.3 Å². The van der Waals surface area contributed by atoms with Crippen LogP contribution in [-0.2, 0) is 6.54 Å². The van der Waals surface area contributed by atoms with Crippen molar-refractivity contribution in [2.75, 3.05) is 27.3 Å². The lowest BCUT2D eigenvalue weighted by atomic mass is 10.1. The van der Waals surface area contributed by atoms with Gasteiger partial charge < -0.3 is 25.2 Å². The number of aliphatic hydroxyl groups is 1. The summed E-state index contributed by atoms with van der Waals surface area (Å²) in [5, 5.41) is 16.7. The van der Waals surface area contributed by atoms with Gasteiger partial charge in [-0.25, -0.2) is 4.99 Å². The Labute approximate surface area is 161 Å². The Bertz CT molecular complexity index is 745. The summed E-state index contributed by atoms with van der Waals surface area (Å²) in [6, 6.07) is 13.6. The number of aliphatic hydroxyl groups excluding tert-OH is 1. The summed E-state index contributed by atoms with van der Waals surface area (Å²) < 4.78 is 10.6. The van der Waals surface area contributed by atoms with Gasteiger partial charge in [0.25, 0.3) is 0 Å². The number of ether oxygens (including phenoxy) is 2. The van der Waals surface area contributed by atoms with Gasteiger partial charge in [-0.2, -0.15) is 0 Å². The molecule has 0 aromatic heterocycles. The third-order valence-electron chi connectivity index (χ3n) is 4.14. The number of aryl methyl sites for hydroxylation is 1. The second kappa shape index (κ2) is 10.4. The molecule has 2 aromatic carbocycles. The monoisotopic (exact) mass is 371 g/mol. The first-order chi connectivity index (χ1) is 13.1. The summed E-state index contributed by atoms with van der Waals surface area (Å²) in [6.45, 7) is 5.62. The first kappa shape index (κ1) is 20.6. The molecule has 0 aliphatic carbocycles. The molecule has 2 rings (SSSR count). The minimum atomic E-state index is -0.601. The Morgan fingerprint density at radius 1 is 1.04 bits per heavy atom. The van der Waals surface area contributed by atoms with Crippen LogP contribution in [0.5, 0.6) is 11.5 Å². The molecule has 0 bridgehead atoms. The van der Waals surface area contributed by atoms with Gasteiger partial charge in [0.2, 0.25) is 0 Å². The van der Waals surface area contributed by atoms with Crippen molar-refractivity contribution in [1.29, 1.82) is 0 Å². The fraction of sp³-hybridized carbons (Fsp3) is 0.381. The van der Waals surface area contributed by atoms with Crippen LogP contribution in [0.3, 0.4) is 0 Å². The number of benzene rings is 2. The molecular formula is C21H29N3O3. The third-order valence-corrected chi connectivity index (χ3v) is 4.14. The second-order valence-corrected chi connectivity index (χ2v) is 6.19. The molecule has 0 aliphatic rings. The zero-order valence-corrected chi connectivity index (χ0v) is 16.5. The molecule has 146 valence electrons. The highest BCUT2D eigenvalue weighted by atomic mass is 16.5. The number of methoxy groups -OCH3 is 2. The molecule has 2 aromatic rings. The van der Waals surface area contributed by atoms with Crippen LogP contribution in [0, 0.1) is 6.92 Å². The SMILES string of the molecule is CCNC(=NCc1ccc(OC)c(OC)c1)NCC(O)c1ccc(C)cc1. The van der Waals surface area contributed by atoms with Gasteiger partial charge >= 0.3 is 0 Å². The van der Waals surface area contributed by atoms with E-state index in [0.29, 0.717) is 30.5 Å². The standard InChI is InChI=1S/C21H29N3O3/c1-5-22-21(24-14-18(25)17-9-6-15(2)7-10-17)23-13-16-8-11-19(26-3)20(12-16)27-4/h6-12,18,25H,5,13-14H2,1-4H3,(H2,22,23,24). The van der Waals surface area contributed by atoms with Crippen LogP contribution in [0.4, 0.5) is 0 Å². The minimum Gasteiger partial charge on any atom is -0.493 e. The van der Waals surface area contributed by atoms with Crippen molar-refractivity contribution in [2.24, 2.45) is 4.99 Å². The molecule has 3 N–H and O–H groups in total. The van der Waals surface area contributed by atoms with E-state index in [9.17, 15) is 5.11 Å². The first-order valence-electron chi connectivity index (χ1n) is 9.05. The Hall–Kier alpha value is -2.73. The fourth-order valence-corrected chi connectivity index (χ4v) is 2.59. The van der Waals surface area contributed by atoms with Crippen LogP contribution in [0.1, 0.15) is 29.7 Å². The fourth-order valence-electron chi connectivity index (χ4n) is 2.59. The van der Waals surface area contributed by atoms with Crippen molar-refractivity contribution < 1.29 is 14.6 Å². The van der Waals surface area contributed by atoms with Gasteiger partial charge in [0.05, 0.1) is 26.9 Å². The van der Waals surface area contributed by atoms with E-state index >= 15 is 0 Å². The summed E-state index contributed by atoms with van der Waals surface area (Å²) in [5.41, 5.74) is 3.05. The number of nitrogens with one attached hydrogen (secondary N) is 2. The Kier molecular flexibility index (Phi) is 7.95. The highest BCUT2D eigenvalue weighted by Crippen LogP contribution is 2.27. The van der Waals surface area contributed by atoms with Crippen molar-refractivity contribution in [2.45, 2.75) is 26.5 Å². The summed E-state index contributed by atoms with van der Waals surface area (Å²) in [7, 11) is 3.23. The molecule has 1 unspecified atom stereocenters. The van der Waals surface area contributed by atoms with Gasteiger partial charge in [0.1, 0.15) is 0 Å². The average molecular weight is 371 g/mol. The maximum Gasteiger partial charge on any atom is 0.191 e. The summed E-state index contributed by atoms with van der Waals surface area (Å²) in [6.07, 6.45) is -0.601. The number of aliphatic imine (C=N–C) groups is 1. The maximum atomic E-state index is 10.4. The second-order valence-electron chi connectivity index (χ2n) is 6.19. The van der Waals surface area contributed by atoms with E-state index in [2.05, 4.69) is 15.6 Å². The number of nitrogens with zero attached hydrogens (tertiary/aromatic N) is 1. The molecule has 0 aliphatic heterocycles. The van der Waals surface area contributed by atoms with E-state index < -0.39 is 6.10 Å². The average Bonchev–Trinajstić information content (AvgIpc) is 2.70. The molecule has 0 fully saturated rings. The Balaban J connectivity index is 2.00. The van der Waals surface area contributed by atoms with Gasteiger partial charge in [-0.3, -0.25) is 0 Å². The van der Waals surface area contributed by atoms with Gasteiger partial charge in [0.15, 0.2) is 17.5 Å². The summed E-state index contributed by atoms with van der Waals surface area (Å²) in [5.74, 6) is 2.02. The minimum absolute atomic E-state index is 0.376. The van der Waals surface area contributed by atoms with Crippen LogP contribution in [0.25, 0.3) is 0 Å². The number of guanidine groups is 1. The van der Waals surface area contributed by atoms with Crippen LogP contribution in [-0.4, -0.2) is 38.4 Å². The van der Waals surface area contributed by atoms with E-state index in [4.69, 9.17) is 9.47 Å². The van der Waals surface area contributed by atoms with Crippen LogP contribution in [0.15, 0.2) is 47.5 Å². The normalized spacial score (nSPS) is 12.4. The van der Waals surface area contributed by atoms with Crippen molar-refractivity contribution in [1.82, 2.24) is 10.6 Å². The lowest BCUT2D eigenvalue weighted by molar-refractivity contribution is 0.181. The quantitative estimate of drug-likeness (QED) is 0.491. The molecule has 0 spiro atoms. The van der Waals surface area contributed by atoms with Crippen molar-refractivity contribution in [3.8, 4) is 11.5 Å². The Morgan fingerprint density at radius 2 is 1.74 bits per heavy atom. The number of hydrogen-bond acceptors (Lipinski definition) is 4. The molecule has 27 heavy (non-hydrogen) atoms. The van der Waals surface area contributed by atoms with Crippen molar-refractivity contribution in [3.63, 3.8) is 0 Å². The van der Waals surface area contributed by atoms with Crippen LogP contribution >= 0.6 is 0 Å². The molecule has 0 amide bonds. The van der Waals surface area contributed by atoms with E-state index in [1.165, 1.54) is 5.56 Å². The predicted octanol–water partition coefficient (Wildman–Crippen LogP) is 2.80. The summed E-state index contributed by atoms with van der Waals surface area (Å²) in [4.78, 5) is 4.58. The molecule has 0 radical (unpaired) electrons. The smallest absolute Gasteiger partial charge is 0.191 e. The van der Waals surface area contributed by atoms with E-state index in [0.717, 1.165) is 17.7 Å². The molecule has 6 nitrogen and oxygen atoms in total. The number of rotatable bonds is 8. The predicted molar refractivity (Wildman–Crippen MR) is 109 cm³/mol. The highest BCUT2D eigenvalue weighted by Gasteiger charge is 2.09. The zero-order chi connectivity index (χ0) is 19.6. The largest absolute Gasteiger partial charge is 0.493 e. The molecule has 1 atom stereocenters. The highest BCUT2D eigenvalue weighted by molar-refractivity contribution is 5.79. The maximum absolute atomic E-state index is 10.4. The van der Waals surface area contributed by atoms with Gasteiger partial charge in [0, 0.05) is 13.1 Å². The van der Waals surface area contributed by atoms with Gasteiger partial charge in [-0.05, 0) is 37.1 Å². The molecule has 0 saturated carbocycles. The van der Waals surface area contributed by atoms with Crippen LogP contribution in [0.2, 0.25) is 0 Å². The van der Waals surface area contributed by atoms with Crippen molar-refractivity contribution in [3.05, 3.63) is 59.2 Å². The van der Waals surface area contributed by atoms with Gasteiger partial charge in [-0.1, -0.05) is 35.9 Å². The van der Waals surface area contributed by atoms with Crippen LogP contribution < -0.4 is 20.1 Å².